The Hall–Kier alpha value is -0.970. The Kier molecular flexibility index (Phi) is 6.32. The number of anilines is 2. The minimum Gasteiger partial charge on any atom is -0.314 e. The standard InChI is InChI=1S/C10H17N5O3S2.ClH/c1-6-5-7(3-4-11-6)8(16)12-9-13-14-10(19-9)15-20(2,17)18;/h6-7,11H,3-5H2,1-2H3,(H,14,15)(H,12,13,16);1H/t6-,7-;/m0./s1. The van der Waals surface area contributed by atoms with Crippen LogP contribution in [0.15, 0.2) is 0 Å². The second-order valence-corrected chi connectivity index (χ2v) is 7.58. The van der Waals surface area contributed by atoms with E-state index in [1.165, 1.54) is 0 Å². The molecular weight excluding hydrogens is 338 g/mol. The molecule has 1 saturated heterocycles. The highest BCUT2D eigenvalue weighted by atomic mass is 35.5. The van der Waals surface area contributed by atoms with Crippen LogP contribution in [0.4, 0.5) is 10.3 Å². The van der Waals surface area contributed by atoms with Gasteiger partial charge in [0.2, 0.25) is 26.2 Å². The maximum atomic E-state index is 12.1. The quantitative estimate of drug-likeness (QED) is 0.731. The Morgan fingerprint density at radius 2 is 2.05 bits per heavy atom. The third-order valence-electron chi connectivity index (χ3n) is 2.92. The molecule has 1 aromatic heterocycles. The van der Waals surface area contributed by atoms with Crippen LogP contribution < -0.4 is 15.4 Å². The number of sulfonamides is 1. The van der Waals surface area contributed by atoms with Gasteiger partial charge in [-0.3, -0.25) is 9.52 Å². The van der Waals surface area contributed by atoms with Crippen molar-refractivity contribution in [2.45, 2.75) is 25.8 Å². The van der Waals surface area contributed by atoms with Crippen LogP contribution in [-0.4, -0.2) is 43.4 Å². The van der Waals surface area contributed by atoms with Crippen LogP contribution in [0.25, 0.3) is 0 Å². The lowest BCUT2D eigenvalue weighted by Crippen LogP contribution is -2.40. The number of carbonyl (C=O) groups excluding carboxylic acids is 1. The van der Waals surface area contributed by atoms with Crippen LogP contribution >= 0.6 is 23.7 Å². The van der Waals surface area contributed by atoms with Gasteiger partial charge in [0.1, 0.15) is 0 Å². The molecule has 11 heteroatoms. The van der Waals surface area contributed by atoms with Gasteiger partial charge in [0.05, 0.1) is 6.26 Å². The second-order valence-electron chi connectivity index (χ2n) is 4.85. The van der Waals surface area contributed by atoms with E-state index in [0.717, 1.165) is 37.0 Å². The van der Waals surface area contributed by atoms with Gasteiger partial charge in [0.25, 0.3) is 0 Å². The summed E-state index contributed by atoms with van der Waals surface area (Å²) < 4.78 is 24.3. The first-order valence-electron chi connectivity index (χ1n) is 6.19. The summed E-state index contributed by atoms with van der Waals surface area (Å²) in [6.07, 6.45) is 2.59. The summed E-state index contributed by atoms with van der Waals surface area (Å²) in [5, 5.41) is 13.8. The summed E-state index contributed by atoms with van der Waals surface area (Å²) in [5.41, 5.74) is 0. The van der Waals surface area contributed by atoms with E-state index in [1.54, 1.807) is 0 Å². The predicted molar refractivity (Wildman–Crippen MR) is 84.4 cm³/mol. The van der Waals surface area contributed by atoms with Crippen molar-refractivity contribution in [2.75, 3.05) is 22.8 Å². The predicted octanol–water partition coefficient (Wildman–Crippen LogP) is 0.658. The SMILES string of the molecule is C[C@H]1C[C@@H](C(=O)Nc2nnc(NS(C)(=O)=O)s2)CCN1.Cl. The number of hydrogen-bond acceptors (Lipinski definition) is 7. The average Bonchev–Trinajstić information content (AvgIpc) is 2.74. The van der Waals surface area contributed by atoms with Gasteiger partial charge in [-0.25, -0.2) is 8.42 Å². The van der Waals surface area contributed by atoms with E-state index in [-0.39, 0.29) is 29.4 Å². The number of amides is 1. The lowest BCUT2D eigenvalue weighted by molar-refractivity contribution is -0.120. The van der Waals surface area contributed by atoms with Gasteiger partial charge in [0.15, 0.2) is 0 Å². The Morgan fingerprint density at radius 1 is 1.38 bits per heavy atom. The second kappa shape index (κ2) is 7.34. The molecule has 2 rings (SSSR count). The maximum absolute atomic E-state index is 12.1. The molecule has 0 unspecified atom stereocenters. The van der Waals surface area contributed by atoms with Crippen LogP contribution in [-0.2, 0) is 14.8 Å². The number of hydrogen-bond donors (Lipinski definition) is 3. The fourth-order valence-electron chi connectivity index (χ4n) is 2.05. The Labute approximate surface area is 133 Å². The van der Waals surface area contributed by atoms with Crippen LogP contribution in [0, 0.1) is 5.92 Å². The topological polar surface area (TPSA) is 113 Å². The highest BCUT2D eigenvalue weighted by molar-refractivity contribution is 7.92. The molecule has 120 valence electrons. The van der Waals surface area contributed by atoms with Gasteiger partial charge < -0.3 is 10.6 Å². The lowest BCUT2D eigenvalue weighted by atomic mass is 9.93. The van der Waals surface area contributed by atoms with Gasteiger partial charge in [-0.15, -0.1) is 22.6 Å². The third kappa shape index (κ3) is 5.73. The van der Waals surface area contributed by atoms with Crippen molar-refractivity contribution in [1.82, 2.24) is 15.5 Å². The molecule has 1 fully saturated rings. The summed E-state index contributed by atoms with van der Waals surface area (Å²) in [5.74, 6) is -0.151. The van der Waals surface area contributed by atoms with E-state index >= 15 is 0 Å². The van der Waals surface area contributed by atoms with E-state index in [2.05, 4.69) is 25.6 Å². The molecule has 1 amide bonds. The monoisotopic (exact) mass is 355 g/mol. The number of rotatable bonds is 4. The molecule has 1 aliphatic heterocycles. The van der Waals surface area contributed by atoms with Crippen molar-refractivity contribution in [1.29, 1.82) is 0 Å². The minimum absolute atomic E-state index is 0. The molecule has 0 radical (unpaired) electrons. The lowest BCUT2D eigenvalue weighted by Gasteiger charge is -2.26. The molecule has 21 heavy (non-hydrogen) atoms. The molecule has 0 aromatic carbocycles. The molecule has 0 bridgehead atoms. The first-order valence-corrected chi connectivity index (χ1v) is 8.90. The molecule has 1 aromatic rings. The first-order chi connectivity index (χ1) is 9.33. The average molecular weight is 356 g/mol. The van der Waals surface area contributed by atoms with E-state index in [9.17, 15) is 13.2 Å². The van der Waals surface area contributed by atoms with Crippen molar-refractivity contribution in [3.8, 4) is 0 Å². The maximum Gasteiger partial charge on any atom is 0.231 e. The normalized spacial score (nSPS) is 22.2. The van der Waals surface area contributed by atoms with Crippen molar-refractivity contribution in [2.24, 2.45) is 5.92 Å². The zero-order valence-corrected chi connectivity index (χ0v) is 14.1. The largest absolute Gasteiger partial charge is 0.314 e. The molecule has 8 nitrogen and oxygen atoms in total. The number of nitrogens with one attached hydrogen (secondary N) is 3. The zero-order chi connectivity index (χ0) is 14.8. The van der Waals surface area contributed by atoms with Crippen molar-refractivity contribution in [3.05, 3.63) is 0 Å². The van der Waals surface area contributed by atoms with E-state index in [1.807, 2.05) is 6.92 Å². The van der Waals surface area contributed by atoms with E-state index in [0.29, 0.717) is 11.2 Å². The Morgan fingerprint density at radius 3 is 2.67 bits per heavy atom. The van der Waals surface area contributed by atoms with Crippen molar-refractivity contribution >= 4 is 49.9 Å². The fraction of sp³-hybridized carbons (Fsp3) is 0.700. The molecule has 2 atom stereocenters. The molecule has 1 aliphatic rings. The minimum atomic E-state index is -3.38. The van der Waals surface area contributed by atoms with Crippen molar-refractivity contribution < 1.29 is 13.2 Å². The molecule has 0 spiro atoms. The first kappa shape index (κ1) is 18.1. The number of nitrogens with zero attached hydrogens (tertiary/aromatic N) is 2. The molecular formula is C10H18ClN5O3S2. The van der Waals surface area contributed by atoms with Gasteiger partial charge in [0, 0.05) is 12.0 Å². The van der Waals surface area contributed by atoms with Crippen LogP contribution in [0.3, 0.4) is 0 Å². The summed E-state index contributed by atoms with van der Waals surface area (Å²) >= 11 is 0.993. The highest BCUT2D eigenvalue weighted by Gasteiger charge is 2.25. The summed E-state index contributed by atoms with van der Waals surface area (Å²) in [6, 6.07) is 0.316. The molecule has 0 saturated carbocycles. The Bertz CT molecular complexity index is 591. The zero-order valence-electron chi connectivity index (χ0n) is 11.6. The van der Waals surface area contributed by atoms with Gasteiger partial charge >= 0.3 is 0 Å². The molecule has 0 aliphatic carbocycles. The van der Waals surface area contributed by atoms with Crippen LogP contribution in [0.1, 0.15) is 19.8 Å². The number of piperidine rings is 1. The molecule has 3 N–H and O–H groups in total. The number of aromatic nitrogens is 2. The summed E-state index contributed by atoms with van der Waals surface area (Å²) in [6.45, 7) is 2.86. The van der Waals surface area contributed by atoms with Crippen LogP contribution in [0.5, 0.6) is 0 Å². The highest BCUT2D eigenvalue weighted by Crippen LogP contribution is 2.23. The summed E-state index contributed by atoms with van der Waals surface area (Å²) in [7, 11) is -3.38. The number of carbonyl (C=O) groups is 1. The van der Waals surface area contributed by atoms with Crippen LogP contribution in [0.2, 0.25) is 0 Å². The smallest absolute Gasteiger partial charge is 0.231 e. The Balaban J connectivity index is 0.00000220. The third-order valence-corrected chi connectivity index (χ3v) is 4.37. The van der Waals surface area contributed by atoms with E-state index in [4.69, 9.17) is 0 Å². The fourth-order valence-corrected chi connectivity index (χ4v) is 3.53. The number of halogens is 1. The van der Waals surface area contributed by atoms with Gasteiger partial charge in [-0.05, 0) is 26.3 Å². The van der Waals surface area contributed by atoms with E-state index < -0.39 is 10.0 Å². The molecule has 2 heterocycles. The summed E-state index contributed by atoms with van der Waals surface area (Å²) in [4.78, 5) is 12.1. The van der Waals surface area contributed by atoms with Gasteiger partial charge in [-0.2, -0.15) is 0 Å². The van der Waals surface area contributed by atoms with Gasteiger partial charge in [-0.1, -0.05) is 11.3 Å². The van der Waals surface area contributed by atoms with Crippen molar-refractivity contribution in [3.63, 3.8) is 0 Å².